The van der Waals surface area contributed by atoms with Gasteiger partial charge >= 0.3 is 0 Å². The Balaban J connectivity index is 1.65. The first kappa shape index (κ1) is 16.4. The number of hydrogen-bond acceptors (Lipinski definition) is 6. The van der Waals surface area contributed by atoms with Crippen molar-refractivity contribution in [1.29, 1.82) is 0 Å². The van der Waals surface area contributed by atoms with Crippen molar-refractivity contribution in [3.8, 4) is 0 Å². The molecule has 0 saturated carbocycles. The van der Waals surface area contributed by atoms with E-state index in [9.17, 15) is 4.21 Å². The fourth-order valence-electron chi connectivity index (χ4n) is 3.68. The van der Waals surface area contributed by atoms with Gasteiger partial charge in [0, 0.05) is 52.5 Å². The number of nitrogens with zero attached hydrogens (tertiary/aromatic N) is 5. The second-order valence-electron chi connectivity index (χ2n) is 6.62. The molecule has 7 nitrogen and oxygen atoms in total. The summed E-state index contributed by atoms with van der Waals surface area (Å²) in [4.78, 5) is 11.2. The van der Waals surface area contributed by atoms with Crippen LogP contribution >= 0.6 is 0 Å². The molecule has 3 aromatic heterocycles. The molecular weight excluding hydrogens is 362 g/mol. The van der Waals surface area contributed by atoms with Crippen LogP contribution in [0.5, 0.6) is 0 Å². The molecule has 0 N–H and O–H groups in total. The van der Waals surface area contributed by atoms with Crippen LogP contribution in [0.1, 0.15) is 18.5 Å². The average Bonchev–Trinajstić information content (AvgIpc) is 3.32. The van der Waals surface area contributed by atoms with Gasteiger partial charge in [0.25, 0.3) is 0 Å². The Morgan fingerprint density at radius 1 is 1.30 bits per heavy atom. The molecule has 1 aliphatic rings. The highest BCUT2D eigenvalue weighted by atomic mass is 32.2. The molecule has 4 aromatic rings. The summed E-state index contributed by atoms with van der Waals surface area (Å²) in [5, 5.41) is 5.37. The van der Waals surface area contributed by atoms with Crippen LogP contribution < -0.4 is 4.90 Å². The topological polar surface area (TPSA) is 77.0 Å². The molecule has 27 heavy (non-hydrogen) atoms. The standard InChI is InChI=1S/C19H19N5O2S/c1-2-23-10-13(9-22-23)15-11-27(25)8-7-24(15)19-18-17(20-12-21-19)14-5-3-4-6-16(14)26-18/h3-6,9-10,12,15H,2,7-8,11H2,1H3. The summed E-state index contributed by atoms with van der Waals surface area (Å²) < 4.78 is 20.3. The number of anilines is 1. The lowest BCUT2D eigenvalue weighted by atomic mass is 10.1. The molecule has 1 saturated heterocycles. The van der Waals surface area contributed by atoms with Gasteiger partial charge in [-0.15, -0.1) is 0 Å². The van der Waals surface area contributed by atoms with E-state index in [0.29, 0.717) is 23.6 Å². The first-order valence-electron chi connectivity index (χ1n) is 9.01. The van der Waals surface area contributed by atoms with Crippen molar-refractivity contribution in [3.05, 3.63) is 48.5 Å². The van der Waals surface area contributed by atoms with Gasteiger partial charge in [-0.3, -0.25) is 8.89 Å². The third kappa shape index (κ3) is 2.71. The van der Waals surface area contributed by atoms with Crippen LogP contribution in [0.2, 0.25) is 0 Å². The molecule has 2 unspecified atom stereocenters. The molecule has 0 radical (unpaired) electrons. The van der Waals surface area contributed by atoms with E-state index in [1.807, 2.05) is 41.3 Å². The number of aryl methyl sites for hydroxylation is 1. The molecule has 1 aromatic carbocycles. The maximum absolute atomic E-state index is 12.3. The zero-order chi connectivity index (χ0) is 18.4. The predicted octanol–water partition coefficient (Wildman–Crippen LogP) is 2.90. The summed E-state index contributed by atoms with van der Waals surface area (Å²) in [6, 6.07) is 7.82. The number of fused-ring (bicyclic) bond motifs is 3. The van der Waals surface area contributed by atoms with E-state index in [1.54, 1.807) is 6.33 Å². The molecule has 8 heteroatoms. The molecule has 0 amide bonds. The zero-order valence-corrected chi connectivity index (χ0v) is 15.7. The molecule has 0 aliphatic carbocycles. The summed E-state index contributed by atoms with van der Waals surface area (Å²) in [6.07, 6.45) is 5.47. The van der Waals surface area contributed by atoms with E-state index >= 15 is 0 Å². The molecule has 0 spiro atoms. The van der Waals surface area contributed by atoms with Crippen LogP contribution in [0.15, 0.2) is 47.4 Å². The smallest absolute Gasteiger partial charge is 0.196 e. The van der Waals surface area contributed by atoms with Crippen LogP contribution in [0.25, 0.3) is 22.1 Å². The van der Waals surface area contributed by atoms with Gasteiger partial charge in [0.2, 0.25) is 0 Å². The molecule has 1 fully saturated rings. The first-order valence-corrected chi connectivity index (χ1v) is 10.5. The number of para-hydroxylation sites is 1. The van der Waals surface area contributed by atoms with Gasteiger partial charge in [0.15, 0.2) is 11.4 Å². The Kier molecular flexibility index (Phi) is 3.93. The van der Waals surface area contributed by atoms with Gasteiger partial charge in [-0.05, 0) is 19.1 Å². The molecular formula is C19H19N5O2S. The number of benzene rings is 1. The van der Waals surface area contributed by atoms with E-state index in [4.69, 9.17) is 4.42 Å². The van der Waals surface area contributed by atoms with Gasteiger partial charge in [-0.25, -0.2) is 9.97 Å². The van der Waals surface area contributed by atoms with Crippen LogP contribution in [0.3, 0.4) is 0 Å². The molecule has 0 bridgehead atoms. The van der Waals surface area contributed by atoms with Crippen molar-refractivity contribution in [2.45, 2.75) is 19.5 Å². The van der Waals surface area contributed by atoms with Gasteiger partial charge < -0.3 is 9.32 Å². The summed E-state index contributed by atoms with van der Waals surface area (Å²) in [7, 11) is -0.859. The van der Waals surface area contributed by atoms with Gasteiger partial charge in [-0.2, -0.15) is 5.10 Å². The van der Waals surface area contributed by atoms with E-state index in [0.717, 1.165) is 34.4 Å². The summed E-state index contributed by atoms with van der Waals surface area (Å²) in [5.74, 6) is 1.92. The van der Waals surface area contributed by atoms with Gasteiger partial charge in [0.1, 0.15) is 17.4 Å². The van der Waals surface area contributed by atoms with Crippen molar-refractivity contribution in [3.63, 3.8) is 0 Å². The van der Waals surface area contributed by atoms with Crippen LogP contribution in [-0.4, -0.2) is 42.0 Å². The Bertz CT molecular complexity index is 1150. The SMILES string of the molecule is CCn1cc(C2CS(=O)CCN2c2ncnc3c2oc2ccccc23)cn1. The highest BCUT2D eigenvalue weighted by molar-refractivity contribution is 7.85. The largest absolute Gasteiger partial charge is 0.450 e. The van der Waals surface area contributed by atoms with Gasteiger partial charge in [0.05, 0.1) is 12.2 Å². The Morgan fingerprint density at radius 2 is 2.19 bits per heavy atom. The molecule has 4 heterocycles. The molecule has 1 aliphatic heterocycles. The highest BCUT2D eigenvalue weighted by Crippen LogP contribution is 2.36. The summed E-state index contributed by atoms with van der Waals surface area (Å²) >= 11 is 0. The minimum Gasteiger partial charge on any atom is -0.450 e. The van der Waals surface area contributed by atoms with Crippen molar-refractivity contribution in [2.24, 2.45) is 0 Å². The minimum absolute atomic E-state index is 0.0498. The second-order valence-corrected chi connectivity index (χ2v) is 8.24. The second kappa shape index (κ2) is 6.45. The Labute approximate surface area is 158 Å². The third-order valence-electron chi connectivity index (χ3n) is 5.05. The van der Waals surface area contributed by atoms with Crippen molar-refractivity contribution in [2.75, 3.05) is 23.0 Å². The average molecular weight is 381 g/mol. The lowest BCUT2D eigenvalue weighted by Crippen LogP contribution is -2.41. The maximum atomic E-state index is 12.3. The van der Waals surface area contributed by atoms with Crippen LogP contribution in [0.4, 0.5) is 5.82 Å². The monoisotopic (exact) mass is 381 g/mol. The summed E-state index contributed by atoms with van der Waals surface area (Å²) in [6.45, 7) is 3.50. The molecule has 2 atom stereocenters. The summed E-state index contributed by atoms with van der Waals surface area (Å²) in [5.41, 5.74) is 3.34. The van der Waals surface area contributed by atoms with Crippen molar-refractivity contribution >= 4 is 38.7 Å². The lowest BCUT2D eigenvalue weighted by molar-refractivity contribution is 0.616. The number of rotatable bonds is 3. The quantitative estimate of drug-likeness (QED) is 0.543. The maximum Gasteiger partial charge on any atom is 0.196 e. The van der Waals surface area contributed by atoms with E-state index in [1.165, 1.54) is 0 Å². The Morgan fingerprint density at radius 3 is 3.04 bits per heavy atom. The predicted molar refractivity (Wildman–Crippen MR) is 105 cm³/mol. The number of hydrogen-bond donors (Lipinski definition) is 0. The molecule has 5 rings (SSSR count). The normalized spacial score (nSPS) is 20.6. The fourth-order valence-corrected chi connectivity index (χ4v) is 4.97. The van der Waals surface area contributed by atoms with E-state index < -0.39 is 10.8 Å². The number of furan rings is 1. The van der Waals surface area contributed by atoms with E-state index in [2.05, 4.69) is 26.9 Å². The first-order chi connectivity index (χ1) is 13.2. The lowest BCUT2D eigenvalue weighted by Gasteiger charge is -2.35. The Hall–Kier alpha value is -2.74. The van der Waals surface area contributed by atoms with Crippen LogP contribution in [0, 0.1) is 0 Å². The van der Waals surface area contributed by atoms with Crippen LogP contribution in [-0.2, 0) is 17.3 Å². The molecule has 138 valence electrons. The highest BCUT2D eigenvalue weighted by Gasteiger charge is 2.32. The zero-order valence-electron chi connectivity index (χ0n) is 14.9. The fraction of sp³-hybridized carbons (Fsp3) is 0.316. The van der Waals surface area contributed by atoms with Crippen molar-refractivity contribution in [1.82, 2.24) is 19.7 Å². The van der Waals surface area contributed by atoms with Crippen molar-refractivity contribution < 1.29 is 8.63 Å². The van der Waals surface area contributed by atoms with E-state index in [-0.39, 0.29) is 6.04 Å². The minimum atomic E-state index is -0.859. The number of aromatic nitrogens is 4. The third-order valence-corrected chi connectivity index (χ3v) is 6.38. The van der Waals surface area contributed by atoms with Gasteiger partial charge in [-0.1, -0.05) is 12.1 Å².